The highest BCUT2D eigenvalue weighted by atomic mass is 19.4. The molecule has 2 aromatic heterocycles. The van der Waals surface area contributed by atoms with Crippen molar-refractivity contribution < 1.29 is 13.2 Å². The first-order valence-corrected chi connectivity index (χ1v) is 7.57. The molecule has 0 aliphatic heterocycles. The summed E-state index contributed by atoms with van der Waals surface area (Å²) in [6, 6.07) is 13.0. The van der Waals surface area contributed by atoms with Crippen LogP contribution >= 0.6 is 0 Å². The molecule has 1 unspecified atom stereocenters. The Morgan fingerprint density at radius 2 is 1.83 bits per heavy atom. The zero-order chi connectivity index (χ0) is 17.2. The molecule has 3 aromatic rings. The van der Waals surface area contributed by atoms with E-state index in [-0.39, 0.29) is 11.6 Å². The fourth-order valence-electron chi connectivity index (χ4n) is 2.51. The smallest absolute Gasteiger partial charge is 0.368 e. The number of hydrogen-bond donors (Lipinski definition) is 1. The van der Waals surface area contributed by atoms with Gasteiger partial charge in [0.25, 0.3) is 5.82 Å². The van der Waals surface area contributed by atoms with Crippen LogP contribution in [-0.2, 0) is 6.18 Å². The average molecular weight is 335 g/mol. The molecule has 126 valence electrons. The second kappa shape index (κ2) is 6.46. The Bertz CT molecular complexity index is 813. The Kier molecular flexibility index (Phi) is 4.37. The number of nitrogens with zero attached hydrogens (tertiary/aromatic N) is 4. The first-order chi connectivity index (χ1) is 11.5. The predicted octanol–water partition coefficient (Wildman–Crippen LogP) is 3.75. The van der Waals surface area contributed by atoms with Crippen LogP contribution in [-0.4, -0.2) is 26.4 Å². The lowest BCUT2D eigenvalue weighted by Gasteiger charge is -2.16. The van der Waals surface area contributed by atoms with Crippen molar-refractivity contribution in [2.45, 2.75) is 25.4 Å². The highest BCUT2D eigenvalue weighted by Gasteiger charge is 2.37. The van der Waals surface area contributed by atoms with E-state index in [0.29, 0.717) is 16.9 Å². The van der Waals surface area contributed by atoms with Gasteiger partial charge in [-0.3, -0.25) is 0 Å². The third kappa shape index (κ3) is 3.32. The predicted molar refractivity (Wildman–Crippen MR) is 83.7 cm³/mol. The Balaban J connectivity index is 1.80. The van der Waals surface area contributed by atoms with Crippen LogP contribution in [0.1, 0.15) is 30.7 Å². The first kappa shape index (κ1) is 16.2. The molecule has 0 spiro atoms. The van der Waals surface area contributed by atoms with Crippen LogP contribution in [0, 0.1) is 0 Å². The van der Waals surface area contributed by atoms with Crippen molar-refractivity contribution in [2.24, 2.45) is 0 Å². The van der Waals surface area contributed by atoms with Crippen molar-refractivity contribution in [2.75, 3.05) is 11.9 Å². The van der Waals surface area contributed by atoms with Gasteiger partial charge >= 0.3 is 6.18 Å². The molecule has 1 aromatic carbocycles. The Morgan fingerprint density at radius 3 is 2.50 bits per heavy atom. The summed E-state index contributed by atoms with van der Waals surface area (Å²) in [5.41, 5.74) is 1.23. The van der Waals surface area contributed by atoms with Crippen molar-refractivity contribution in [1.29, 1.82) is 0 Å². The van der Waals surface area contributed by atoms with Gasteiger partial charge in [0.15, 0.2) is 5.65 Å². The minimum atomic E-state index is -4.60. The molecule has 3 rings (SSSR count). The third-order valence-electron chi connectivity index (χ3n) is 3.81. The molecule has 0 fully saturated rings. The van der Waals surface area contributed by atoms with Crippen LogP contribution in [0.15, 0.2) is 42.5 Å². The van der Waals surface area contributed by atoms with Gasteiger partial charge < -0.3 is 5.32 Å². The maximum absolute atomic E-state index is 12.9. The maximum atomic E-state index is 12.9. The quantitative estimate of drug-likeness (QED) is 0.771. The molecule has 24 heavy (non-hydrogen) atoms. The number of anilines is 1. The minimum absolute atomic E-state index is 0.0583. The fourth-order valence-corrected chi connectivity index (χ4v) is 2.51. The topological polar surface area (TPSA) is 55.1 Å². The van der Waals surface area contributed by atoms with E-state index in [1.54, 1.807) is 6.07 Å². The summed E-state index contributed by atoms with van der Waals surface area (Å²) in [7, 11) is 0. The monoisotopic (exact) mass is 335 g/mol. The van der Waals surface area contributed by atoms with Gasteiger partial charge in [0.05, 0.1) is 0 Å². The normalized spacial score (nSPS) is 13.2. The highest BCUT2D eigenvalue weighted by Crippen LogP contribution is 2.27. The van der Waals surface area contributed by atoms with Crippen LogP contribution in [0.3, 0.4) is 0 Å². The molecule has 0 radical (unpaired) electrons. The summed E-state index contributed by atoms with van der Waals surface area (Å²) < 4.78 is 39.4. The van der Waals surface area contributed by atoms with E-state index in [0.717, 1.165) is 6.42 Å². The summed E-state index contributed by atoms with van der Waals surface area (Å²) in [6.07, 6.45) is -3.69. The van der Waals surface area contributed by atoms with Gasteiger partial charge in [0.2, 0.25) is 0 Å². The molecular formula is C16H16F3N5. The number of rotatable bonds is 5. The van der Waals surface area contributed by atoms with Gasteiger partial charge in [-0.15, -0.1) is 15.3 Å². The van der Waals surface area contributed by atoms with Crippen molar-refractivity contribution >= 4 is 11.5 Å². The Morgan fingerprint density at radius 1 is 1.08 bits per heavy atom. The van der Waals surface area contributed by atoms with Gasteiger partial charge in [0.1, 0.15) is 5.82 Å². The van der Waals surface area contributed by atoms with Crippen molar-refractivity contribution in [3.8, 4) is 0 Å². The average Bonchev–Trinajstić information content (AvgIpc) is 3.00. The number of nitrogens with one attached hydrogen (secondary N) is 1. The van der Waals surface area contributed by atoms with Gasteiger partial charge in [-0.1, -0.05) is 37.3 Å². The summed E-state index contributed by atoms with van der Waals surface area (Å²) in [5, 5.41) is 13.7. The zero-order valence-corrected chi connectivity index (χ0v) is 13.0. The Labute approximate surface area is 136 Å². The van der Waals surface area contributed by atoms with Gasteiger partial charge in [-0.2, -0.15) is 17.7 Å². The molecule has 1 atom stereocenters. The van der Waals surface area contributed by atoms with Crippen LogP contribution in [0.2, 0.25) is 0 Å². The summed E-state index contributed by atoms with van der Waals surface area (Å²) in [6.45, 7) is 2.64. The SMILES string of the molecule is CCC(CNc1ccc2nnc(C(F)(F)F)n2n1)c1ccccc1. The molecule has 0 amide bonds. The third-order valence-corrected chi connectivity index (χ3v) is 3.81. The van der Waals surface area contributed by atoms with E-state index in [2.05, 4.69) is 27.5 Å². The zero-order valence-electron chi connectivity index (χ0n) is 13.0. The van der Waals surface area contributed by atoms with E-state index in [9.17, 15) is 13.2 Å². The lowest BCUT2D eigenvalue weighted by atomic mass is 9.96. The second-order valence-corrected chi connectivity index (χ2v) is 5.41. The number of alkyl halides is 3. The fraction of sp³-hybridized carbons (Fsp3) is 0.312. The van der Waals surface area contributed by atoms with Crippen molar-refractivity contribution in [3.63, 3.8) is 0 Å². The van der Waals surface area contributed by atoms with E-state index < -0.39 is 12.0 Å². The standard InChI is InChI=1S/C16H16F3N5/c1-2-11(12-6-4-3-5-7-12)10-20-13-8-9-14-21-22-15(16(17,18)19)24(14)23-13/h3-9,11H,2,10H2,1H3,(H,20,23). The van der Waals surface area contributed by atoms with Crippen LogP contribution < -0.4 is 5.32 Å². The molecule has 0 saturated heterocycles. The number of hydrogen-bond acceptors (Lipinski definition) is 4. The lowest BCUT2D eigenvalue weighted by molar-refractivity contribution is -0.146. The van der Waals surface area contributed by atoms with Crippen LogP contribution in [0.4, 0.5) is 19.0 Å². The molecule has 8 heteroatoms. The molecule has 0 bridgehead atoms. The lowest BCUT2D eigenvalue weighted by Crippen LogP contribution is -2.16. The summed E-state index contributed by atoms with van der Waals surface area (Å²) in [4.78, 5) is 0. The Hall–Kier alpha value is -2.64. The largest absolute Gasteiger partial charge is 0.453 e. The van der Waals surface area contributed by atoms with Gasteiger partial charge in [0, 0.05) is 12.5 Å². The number of benzene rings is 1. The second-order valence-electron chi connectivity index (χ2n) is 5.41. The van der Waals surface area contributed by atoms with E-state index in [4.69, 9.17) is 0 Å². The molecule has 1 N–H and O–H groups in total. The first-order valence-electron chi connectivity index (χ1n) is 7.57. The van der Waals surface area contributed by atoms with Gasteiger partial charge in [-0.05, 0) is 24.1 Å². The molecule has 0 aliphatic carbocycles. The number of fused-ring (bicyclic) bond motifs is 1. The summed E-state index contributed by atoms with van der Waals surface area (Å²) >= 11 is 0. The van der Waals surface area contributed by atoms with Crippen LogP contribution in [0.25, 0.3) is 5.65 Å². The molecule has 0 saturated carbocycles. The van der Waals surface area contributed by atoms with Crippen LogP contribution in [0.5, 0.6) is 0 Å². The molecular weight excluding hydrogens is 319 g/mol. The van der Waals surface area contributed by atoms with Crippen molar-refractivity contribution in [3.05, 3.63) is 53.9 Å². The van der Waals surface area contributed by atoms with Crippen molar-refractivity contribution in [1.82, 2.24) is 19.8 Å². The van der Waals surface area contributed by atoms with E-state index in [1.165, 1.54) is 11.6 Å². The minimum Gasteiger partial charge on any atom is -0.368 e. The molecule has 5 nitrogen and oxygen atoms in total. The maximum Gasteiger partial charge on any atom is 0.453 e. The van der Waals surface area contributed by atoms with E-state index >= 15 is 0 Å². The molecule has 0 aliphatic rings. The highest BCUT2D eigenvalue weighted by molar-refractivity contribution is 5.44. The molecule has 2 heterocycles. The van der Waals surface area contributed by atoms with E-state index in [1.807, 2.05) is 30.3 Å². The number of halogens is 3. The van der Waals surface area contributed by atoms with Gasteiger partial charge in [-0.25, -0.2) is 0 Å². The summed E-state index contributed by atoms with van der Waals surface area (Å²) in [5.74, 6) is -0.537. The number of aromatic nitrogens is 4.